The van der Waals surface area contributed by atoms with Gasteiger partial charge in [-0.3, -0.25) is 0 Å². The Hall–Kier alpha value is -0.160. The van der Waals surface area contributed by atoms with Crippen LogP contribution in [0.1, 0.15) is 39.0 Å². The molecule has 2 fully saturated rings. The van der Waals surface area contributed by atoms with Gasteiger partial charge in [-0.2, -0.15) is 0 Å². The van der Waals surface area contributed by atoms with Gasteiger partial charge in [0.05, 0.1) is 12.2 Å². The largest absolute Gasteiger partial charge is 0.396 e. The zero-order valence-corrected chi connectivity index (χ0v) is 11.7. The van der Waals surface area contributed by atoms with Gasteiger partial charge >= 0.3 is 0 Å². The standard InChI is InChI=1S/C14H27NO3/c1-3-18-12-8-11(13(12)17-2)15-9-14(10-16)6-4-5-7-14/h11-13,15-16H,3-10H2,1-2H3. The van der Waals surface area contributed by atoms with Crippen molar-refractivity contribution in [2.24, 2.45) is 5.41 Å². The van der Waals surface area contributed by atoms with E-state index in [0.29, 0.717) is 12.6 Å². The number of hydrogen-bond acceptors (Lipinski definition) is 4. The normalized spacial score (nSPS) is 34.5. The van der Waals surface area contributed by atoms with Gasteiger partial charge in [0.2, 0.25) is 0 Å². The summed E-state index contributed by atoms with van der Waals surface area (Å²) in [6.07, 6.45) is 6.23. The summed E-state index contributed by atoms with van der Waals surface area (Å²) in [5.74, 6) is 0. The average molecular weight is 257 g/mol. The molecular weight excluding hydrogens is 230 g/mol. The van der Waals surface area contributed by atoms with Crippen LogP contribution in [0.15, 0.2) is 0 Å². The number of hydrogen-bond donors (Lipinski definition) is 2. The van der Waals surface area contributed by atoms with Crippen LogP contribution in [0.4, 0.5) is 0 Å². The first-order chi connectivity index (χ1) is 8.74. The SMILES string of the molecule is CCOC1CC(NCC2(CO)CCCC2)C1OC. The van der Waals surface area contributed by atoms with Crippen molar-refractivity contribution in [2.75, 3.05) is 26.9 Å². The van der Waals surface area contributed by atoms with Gasteiger partial charge in [-0.05, 0) is 26.2 Å². The lowest BCUT2D eigenvalue weighted by Crippen LogP contribution is -2.61. The smallest absolute Gasteiger partial charge is 0.0986 e. The first-order valence-electron chi connectivity index (χ1n) is 7.23. The van der Waals surface area contributed by atoms with Crippen molar-refractivity contribution < 1.29 is 14.6 Å². The lowest BCUT2D eigenvalue weighted by molar-refractivity contribution is -0.132. The Morgan fingerprint density at radius 3 is 2.61 bits per heavy atom. The number of methoxy groups -OCH3 is 1. The van der Waals surface area contributed by atoms with Gasteiger partial charge in [-0.1, -0.05) is 12.8 Å². The minimum absolute atomic E-state index is 0.120. The van der Waals surface area contributed by atoms with Gasteiger partial charge in [0.15, 0.2) is 0 Å². The fourth-order valence-corrected chi connectivity index (χ4v) is 3.34. The van der Waals surface area contributed by atoms with E-state index in [2.05, 4.69) is 5.32 Å². The molecule has 3 atom stereocenters. The molecule has 0 aliphatic heterocycles. The van der Waals surface area contributed by atoms with Gasteiger partial charge in [-0.15, -0.1) is 0 Å². The molecule has 0 amide bonds. The van der Waals surface area contributed by atoms with E-state index in [-0.39, 0.29) is 17.6 Å². The van der Waals surface area contributed by atoms with E-state index in [1.54, 1.807) is 7.11 Å². The van der Waals surface area contributed by atoms with Crippen LogP contribution >= 0.6 is 0 Å². The summed E-state index contributed by atoms with van der Waals surface area (Å²) in [6, 6.07) is 0.385. The Morgan fingerprint density at radius 1 is 1.33 bits per heavy atom. The monoisotopic (exact) mass is 257 g/mol. The van der Waals surface area contributed by atoms with E-state index in [0.717, 1.165) is 32.4 Å². The summed E-state index contributed by atoms with van der Waals surface area (Å²) in [5.41, 5.74) is 0.120. The Kier molecular flexibility index (Phi) is 5.01. The van der Waals surface area contributed by atoms with Crippen molar-refractivity contribution >= 4 is 0 Å². The molecule has 18 heavy (non-hydrogen) atoms. The molecule has 0 aromatic carbocycles. The Bertz CT molecular complexity index is 253. The molecular formula is C14H27NO3. The first-order valence-corrected chi connectivity index (χ1v) is 7.23. The molecule has 106 valence electrons. The summed E-state index contributed by atoms with van der Waals surface area (Å²) in [4.78, 5) is 0. The van der Waals surface area contributed by atoms with Crippen molar-refractivity contribution in [3.63, 3.8) is 0 Å². The Morgan fingerprint density at radius 2 is 2.06 bits per heavy atom. The molecule has 2 rings (SSSR count). The molecule has 0 bridgehead atoms. The number of nitrogens with one attached hydrogen (secondary N) is 1. The quantitative estimate of drug-likeness (QED) is 0.722. The van der Waals surface area contributed by atoms with Crippen LogP contribution in [0.25, 0.3) is 0 Å². The number of aliphatic hydroxyl groups excluding tert-OH is 1. The van der Waals surface area contributed by atoms with Crippen LogP contribution in [-0.2, 0) is 9.47 Å². The predicted octanol–water partition coefficient (Wildman–Crippen LogP) is 1.32. The van der Waals surface area contributed by atoms with Crippen LogP contribution in [0, 0.1) is 5.41 Å². The van der Waals surface area contributed by atoms with Crippen molar-refractivity contribution in [3.05, 3.63) is 0 Å². The van der Waals surface area contributed by atoms with Gasteiger partial charge in [0, 0.05) is 38.3 Å². The van der Waals surface area contributed by atoms with E-state index >= 15 is 0 Å². The lowest BCUT2D eigenvalue weighted by atomic mass is 9.82. The molecule has 4 heteroatoms. The molecule has 0 heterocycles. The van der Waals surface area contributed by atoms with E-state index in [1.165, 1.54) is 12.8 Å². The summed E-state index contributed by atoms with van der Waals surface area (Å²) in [5, 5.41) is 13.2. The summed E-state index contributed by atoms with van der Waals surface area (Å²) in [6.45, 7) is 3.98. The highest BCUT2D eigenvalue weighted by molar-refractivity contribution is 4.99. The van der Waals surface area contributed by atoms with Gasteiger partial charge in [0.25, 0.3) is 0 Å². The summed E-state index contributed by atoms with van der Waals surface area (Å²) in [7, 11) is 1.75. The maximum absolute atomic E-state index is 9.58. The van der Waals surface area contributed by atoms with Crippen LogP contribution in [0.5, 0.6) is 0 Å². The second-order valence-electron chi connectivity index (χ2n) is 5.78. The van der Waals surface area contributed by atoms with Crippen LogP contribution in [0.3, 0.4) is 0 Å². The second-order valence-corrected chi connectivity index (χ2v) is 5.78. The van der Waals surface area contributed by atoms with Gasteiger partial charge in [-0.25, -0.2) is 0 Å². The van der Waals surface area contributed by atoms with E-state index < -0.39 is 0 Å². The zero-order valence-electron chi connectivity index (χ0n) is 11.7. The van der Waals surface area contributed by atoms with E-state index in [4.69, 9.17) is 9.47 Å². The fraction of sp³-hybridized carbons (Fsp3) is 1.00. The van der Waals surface area contributed by atoms with Crippen LogP contribution in [0.2, 0.25) is 0 Å². The highest BCUT2D eigenvalue weighted by Gasteiger charge is 2.43. The number of aliphatic hydroxyl groups is 1. The number of rotatable bonds is 7. The minimum Gasteiger partial charge on any atom is -0.396 e. The molecule has 3 unspecified atom stereocenters. The lowest BCUT2D eigenvalue weighted by Gasteiger charge is -2.45. The van der Waals surface area contributed by atoms with E-state index in [1.807, 2.05) is 6.92 Å². The van der Waals surface area contributed by atoms with Gasteiger partial charge < -0.3 is 19.9 Å². The van der Waals surface area contributed by atoms with Crippen molar-refractivity contribution in [3.8, 4) is 0 Å². The maximum Gasteiger partial charge on any atom is 0.0986 e. The van der Waals surface area contributed by atoms with E-state index in [9.17, 15) is 5.11 Å². The molecule has 0 aromatic rings. The van der Waals surface area contributed by atoms with Crippen molar-refractivity contribution in [1.29, 1.82) is 0 Å². The zero-order chi connectivity index (χ0) is 13.0. The molecule has 0 spiro atoms. The third-order valence-corrected chi connectivity index (χ3v) is 4.64. The fourth-order valence-electron chi connectivity index (χ4n) is 3.34. The molecule has 0 radical (unpaired) electrons. The van der Waals surface area contributed by atoms with Gasteiger partial charge in [0.1, 0.15) is 0 Å². The number of ether oxygens (including phenoxy) is 2. The minimum atomic E-state index is 0.120. The molecule has 2 aliphatic carbocycles. The average Bonchev–Trinajstić information content (AvgIpc) is 2.82. The molecule has 2 N–H and O–H groups in total. The molecule has 2 saturated carbocycles. The third kappa shape index (κ3) is 2.87. The maximum atomic E-state index is 9.58. The van der Waals surface area contributed by atoms with Crippen LogP contribution < -0.4 is 5.32 Å². The highest BCUT2D eigenvalue weighted by atomic mass is 16.5. The molecule has 0 aromatic heterocycles. The summed E-state index contributed by atoms with van der Waals surface area (Å²) >= 11 is 0. The Labute approximate surface area is 110 Å². The second kappa shape index (κ2) is 6.33. The van der Waals surface area contributed by atoms with Crippen molar-refractivity contribution in [1.82, 2.24) is 5.32 Å². The third-order valence-electron chi connectivity index (χ3n) is 4.64. The molecule has 2 aliphatic rings. The van der Waals surface area contributed by atoms with Crippen LogP contribution in [-0.4, -0.2) is 50.2 Å². The topological polar surface area (TPSA) is 50.7 Å². The highest BCUT2D eigenvalue weighted by Crippen LogP contribution is 2.37. The molecule has 4 nitrogen and oxygen atoms in total. The predicted molar refractivity (Wildman–Crippen MR) is 70.6 cm³/mol. The first kappa shape index (κ1) is 14.3. The summed E-state index contributed by atoms with van der Waals surface area (Å²) < 4.78 is 11.1. The Balaban J connectivity index is 1.77. The van der Waals surface area contributed by atoms with Crippen molar-refractivity contribution in [2.45, 2.75) is 57.3 Å². The molecule has 0 saturated heterocycles.